The molecular weight excluding hydrogens is 700 g/mol. The summed E-state index contributed by atoms with van der Waals surface area (Å²) in [7, 11) is 0. The normalized spacial score (nSPS) is 56.2. The van der Waals surface area contributed by atoms with Gasteiger partial charge in [0.15, 0.2) is 12.6 Å². The van der Waals surface area contributed by atoms with E-state index in [-0.39, 0.29) is 69.7 Å². The summed E-state index contributed by atoms with van der Waals surface area (Å²) >= 11 is 0. The molecule has 3 heterocycles. The van der Waals surface area contributed by atoms with E-state index < -0.39 is 73.6 Å². The topological polar surface area (TPSA) is 208 Å². The SMILES string of the molecule is CC(C)(O)[C@H]1CC[C@@](C)([C@H]2CC[C@]3(C)[C@@H]2[C@H](O)C[C@@H]2[C@@]4(C)CC[C@H](O[C@H]5OC[C@@H](O)[C@H](O)[C@H]5O[C@H]5O[C@@H](CO)[C@H](O)[C@@H](O)[C@@H]5O)C(C)(C)[C@H]4CC[C@]23C)O1. The molecule has 0 aromatic rings. The number of rotatable bonds is 7. The van der Waals surface area contributed by atoms with Gasteiger partial charge in [-0.05, 0) is 124 Å². The first-order valence-electron chi connectivity index (χ1n) is 20.7. The Hall–Kier alpha value is -0.520. The summed E-state index contributed by atoms with van der Waals surface area (Å²) in [5.41, 5.74) is -1.81. The molecule has 3 aliphatic heterocycles. The summed E-state index contributed by atoms with van der Waals surface area (Å²) in [4.78, 5) is 0. The van der Waals surface area contributed by atoms with E-state index in [4.69, 9.17) is 23.7 Å². The lowest BCUT2D eigenvalue weighted by atomic mass is 9.35. The van der Waals surface area contributed by atoms with E-state index in [0.29, 0.717) is 6.42 Å². The highest BCUT2D eigenvalue weighted by Gasteiger charge is 2.72. The van der Waals surface area contributed by atoms with Crippen LogP contribution in [-0.2, 0) is 23.7 Å². The van der Waals surface area contributed by atoms with Crippen LogP contribution in [0.2, 0.25) is 0 Å². The minimum Gasteiger partial charge on any atom is -0.394 e. The zero-order valence-corrected chi connectivity index (χ0v) is 33.6. The summed E-state index contributed by atoms with van der Waals surface area (Å²) in [5, 5.41) is 85.7. The van der Waals surface area contributed by atoms with E-state index >= 15 is 0 Å². The van der Waals surface area contributed by atoms with Crippen molar-refractivity contribution < 1.29 is 64.5 Å². The summed E-state index contributed by atoms with van der Waals surface area (Å²) in [6, 6.07) is 0. The van der Waals surface area contributed by atoms with E-state index in [2.05, 4.69) is 41.5 Å². The van der Waals surface area contributed by atoms with Gasteiger partial charge >= 0.3 is 0 Å². The summed E-state index contributed by atoms with van der Waals surface area (Å²) in [6.45, 7) is 16.9. The van der Waals surface area contributed by atoms with Gasteiger partial charge in [0.25, 0.3) is 0 Å². The molecule has 13 nitrogen and oxygen atoms in total. The maximum Gasteiger partial charge on any atom is 0.187 e. The molecular formula is C41H70O13. The Labute approximate surface area is 320 Å². The molecule has 7 rings (SSSR count). The molecule has 0 aromatic carbocycles. The Kier molecular flexibility index (Phi) is 10.8. The first kappa shape index (κ1) is 41.6. The minimum absolute atomic E-state index is 0.00233. The second-order valence-electron chi connectivity index (χ2n) is 20.6. The molecule has 8 N–H and O–H groups in total. The second kappa shape index (κ2) is 14.1. The van der Waals surface area contributed by atoms with Crippen LogP contribution in [0.5, 0.6) is 0 Å². The molecule has 0 amide bonds. The highest BCUT2D eigenvalue weighted by atomic mass is 16.8. The summed E-state index contributed by atoms with van der Waals surface area (Å²) in [5.74, 6) is 0.864. The van der Waals surface area contributed by atoms with Crippen molar-refractivity contribution in [1.29, 1.82) is 0 Å². The molecule has 7 aliphatic rings. The van der Waals surface area contributed by atoms with Crippen molar-refractivity contribution in [3.8, 4) is 0 Å². The van der Waals surface area contributed by atoms with Crippen molar-refractivity contribution in [3.63, 3.8) is 0 Å². The van der Waals surface area contributed by atoms with Gasteiger partial charge < -0.3 is 64.5 Å². The van der Waals surface area contributed by atoms with Crippen LogP contribution in [0.4, 0.5) is 0 Å². The third-order valence-electron chi connectivity index (χ3n) is 17.1. The van der Waals surface area contributed by atoms with Gasteiger partial charge in [0.05, 0.1) is 42.7 Å². The highest BCUT2D eigenvalue weighted by molar-refractivity contribution is 5.20. The highest BCUT2D eigenvalue weighted by Crippen LogP contribution is 2.76. The Balaban J connectivity index is 1.09. The lowest BCUT2D eigenvalue weighted by Crippen LogP contribution is -2.67. The van der Waals surface area contributed by atoms with Crippen molar-refractivity contribution in [1.82, 2.24) is 0 Å². The molecule has 0 radical (unpaired) electrons. The molecule has 7 fully saturated rings. The maximum atomic E-state index is 12.3. The fourth-order valence-electron chi connectivity index (χ4n) is 13.8. The van der Waals surface area contributed by atoms with Crippen LogP contribution in [0.25, 0.3) is 0 Å². The third kappa shape index (κ3) is 6.28. The Morgan fingerprint density at radius 2 is 1.39 bits per heavy atom. The van der Waals surface area contributed by atoms with E-state index in [1.54, 1.807) is 0 Å². The summed E-state index contributed by atoms with van der Waals surface area (Å²) < 4.78 is 31.0. The molecule has 0 unspecified atom stereocenters. The average molecular weight is 771 g/mol. The van der Waals surface area contributed by atoms with Crippen LogP contribution in [-0.4, -0.2) is 139 Å². The average Bonchev–Trinajstić information content (AvgIpc) is 3.69. The first-order valence-corrected chi connectivity index (χ1v) is 20.7. The van der Waals surface area contributed by atoms with E-state index in [1.807, 2.05) is 13.8 Å². The number of hydrogen-bond acceptors (Lipinski definition) is 13. The first-order chi connectivity index (χ1) is 25.0. The second-order valence-corrected chi connectivity index (χ2v) is 20.6. The molecule has 0 bridgehead atoms. The lowest BCUT2D eigenvalue weighted by molar-refractivity contribution is -0.367. The van der Waals surface area contributed by atoms with E-state index in [9.17, 15) is 40.9 Å². The summed E-state index contributed by atoms with van der Waals surface area (Å²) in [6.07, 6.45) is -5.82. The molecule has 312 valence electrons. The van der Waals surface area contributed by atoms with Crippen molar-refractivity contribution in [3.05, 3.63) is 0 Å². The van der Waals surface area contributed by atoms with Crippen molar-refractivity contribution in [2.45, 2.75) is 198 Å². The van der Waals surface area contributed by atoms with Crippen molar-refractivity contribution in [2.24, 2.45) is 45.3 Å². The van der Waals surface area contributed by atoms with Gasteiger partial charge in [-0.2, -0.15) is 0 Å². The van der Waals surface area contributed by atoms with Crippen LogP contribution in [0, 0.1) is 45.3 Å². The Morgan fingerprint density at radius 1 is 0.704 bits per heavy atom. The van der Waals surface area contributed by atoms with Crippen molar-refractivity contribution >= 4 is 0 Å². The number of fused-ring (bicyclic) bond motifs is 5. The quantitative estimate of drug-likeness (QED) is 0.175. The smallest absolute Gasteiger partial charge is 0.187 e. The zero-order chi connectivity index (χ0) is 39.6. The van der Waals surface area contributed by atoms with Gasteiger partial charge in [-0.15, -0.1) is 0 Å². The van der Waals surface area contributed by atoms with Gasteiger partial charge in [-0.3, -0.25) is 0 Å². The monoisotopic (exact) mass is 770 g/mol. The Bertz CT molecular complexity index is 1360. The predicted molar refractivity (Wildman–Crippen MR) is 194 cm³/mol. The minimum atomic E-state index is -1.70. The number of ether oxygens (including phenoxy) is 5. The molecule has 3 saturated heterocycles. The van der Waals surface area contributed by atoms with Crippen LogP contribution >= 0.6 is 0 Å². The fraction of sp³-hybridized carbons (Fsp3) is 1.00. The largest absolute Gasteiger partial charge is 0.394 e. The van der Waals surface area contributed by atoms with Gasteiger partial charge in [0, 0.05) is 0 Å². The predicted octanol–water partition coefficient (Wildman–Crippen LogP) is 2.00. The molecule has 0 aromatic heterocycles. The van der Waals surface area contributed by atoms with Gasteiger partial charge in [0.1, 0.15) is 42.7 Å². The number of hydrogen-bond donors (Lipinski definition) is 8. The van der Waals surface area contributed by atoms with Crippen LogP contribution in [0.15, 0.2) is 0 Å². The van der Waals surface area contributed by atoms with Gasteiger partial charge in [-0.25, -0.2) is 0 Å². The van der Waals surface area contributed by atoms with Crippen molar-refractivity contribution in [2.75, 3.05) is 13.2 Å². The van der Waals surface area contributed by atoms with Crippen LogP contribution in [0.3, 0.4) is 0 Å². The molecule has 4 aliphatic carbocycles. The Morgan fingerprint density at radius 3 is 2.04 bits per heavy atom. The van der Waals surface area contributed by atoms with E-state index in [0.717, 1.165) is 51.4 Å². The van der Waals surface area contributed by atoms with Gasteiger partial charge in [-0.1, -0.05) is 34.6 Å². The fourth-order valence-corrected chi connectivity index (χ4v) is 13.8. The molecule has 4 saturated carbocycles. The zero-order valence-electron chi connectivity index (χ0n) is 33.6. The molecule has 0 spiro atoms. The van der Waals surface area contributed by atoms with Gasteiger partial charge in [0.2, 0.25) is 0 Å². The standard InChI is InChI=1S/C41H70O13/c1-36(2)24-10-15-39(6)25(17-21(43)28-20(9-14-40(28,39)7)41(8)16-12-27(54-41)37(3,4)49)38(24,5)13-11-26(36)52-35-33(29(45)22(44)19-50-35)53-34-32(48)31(47)30(46)23(18-42)51-34/h20-35,42-49H,9-19H2,1-8H3/t20-,21+,22+,23-,24+,25+,26-,27+,28-,29-,30-,31+,32-,33+,34+,35+,38-,39+,40+,41-/m0/s1. The maximum absolute atomic E-state index is 12.3. The van der Waals surface area contributed by atoms with Crippen LogP contribution in [0.1, 0.15) is 113 Å². The lowest BCUT2D eigenvalue weighted by Gasteiger charge is -2.70. The van der Waals surface area contributed by atoms with E-state index in [1.165, 1.54) is 0 Å². The third-order valence-corrected chi connectivity index (χ3v) is 17.1. The number of aliphatic hydroxyl groups excluding tert-OH is 7. The number of aliphatic hydroxyl groups is 8. The molecule has 20 atom stereocenters. The molecule has 54 heavy (non-hydrogen) atoms. The molecule has 13 heteroatoms. The van der Waals surface area contributed by atoms with Crippen LogP contribution < -0.4 is 0 Å².